The molecule has 1 amide bonds. The van der Waals surface area contributed by atoms with Crippen molar-refractivity contribution in [3.05, 3.63) is 0 Å². The molecule has 88 valence electrons. The number of hydrogen-bond donors (Lipinski definition) is 2. The zero-order chi connectivity index (χ0) is 11.1. The molecule has 1 fully saturated rings. The van der Waals surface area contributed by atoms with Crippen LogP contribution in [0.25, 0.3) is 0 Å². The molecule has 1 aliphatic carbocycles. The minimum absolute atomic E-state index is 0.0941. The van der Waals surface area contributed by atoms with Gasteiger partial charge < -0.3 is 10.4 Å². The molecule has 0 aromatic rings. The average molecular weight is 231 g/mol. The summed E-state index contributed by atoms with van der Waals surface area (Å²) in [4.78, 5) is 11.4. The standard InChI is InChI=1S/C11H21NO2S/c1-15-10-6-4-9(5-7-10)12-11(14)3-2-8-13/h9-10,13H,2-8H2,1H3,(H,12,14). The molecule has 0 aromatic carbocycles. The second-order valence-corrected chi connectivity index (χ2v) is 5.24. The summed E-state index contributed by atoms with van der Waals surface area (Å²) in [5, 5.41) is 12.4. The fourth-order valence-corrected chi connectivity index (χ4v) is 2.73. The van der Waals surface area contributed by atoms with Gasteiger partial charge in [-0.1, -0.05) is 0 Å². The molecular formula is C11H21NO2S. The van der Waals surface area contributed by atoms with Gasteiger partial charge >= 0.3 is 0 Å². The topological polar surface area (TPSA) is 49.3 Å². The molecule has 0 aromatic heterocycles. The molecule has 4 heteroatoms. The van der Waals surface area contributed by atoms with E-state index in [1.54, 1.807) is 0 Å². The Hall–Kier alpha value is -0.220. The van der Waals surface area contributed by atoms with Gasteiger partial charge in [-0.05, 0) is 38.4 Å². The summed E-state index contributed by atoms with van der Waals surface area (Å²) in [6, 6.07) is 0.375. The predicted octanol–water partition coefficient (Wildman–Crippen LogP) is 1.55. The van der Waals surface area contributed by atoms with Gasteiger partial charge in [0, 0.05) is 24.3 Å². The van der Waals surface area contributed by atoms with Crippen LogP contribution in [0.1, 0.15) is 38.5 Å². The lowest BCUT2D eigenvalue weighted by Crippen LogP contribution is -2.38. The van der Waals surface area contributed by atoms with Crippen LogP contribution >= 0.6 is 11.8 Å². The van der Waals surface area contributed by atoms with Crippen molar-refractivity contribution in [1.29, 1.82) is 0 Å². The zero-order valence-electron chi connectivity index (χ0n) is 9.37. The van der Waals surface area contributed by atoms with E-state index < -0.39 is 0 Å². The number of aliphatic hydroxyl groups is 1. The Morgan fingerprint density at radius 2 is 2.07 bits per heavy atom. The molecule has 1 saturated carbocycles. The van der Waals surface area contributed by atoms with Crippen LogP contribution in [0.15, 0.2) is 0 Å². The SMILES string of the molecule is CSC1CCC(NC(=O)CCCO)CC1. The van der Waals surface area contributed by atoms with E-state index in [-0.39, 0.29) is 12.5 Å². The van der Waals surface area contributed by atoms with E-state index >= 15 is 0 Å². The van der Waals surface area contributed by atoms with Crippen LogP contribution in [0, 0.1) is 0 Å². The van der Waals surface area contributed by atoms with Crippen molar-refractivity contribution in [3.8, 4) is 0 Å². The maximum Gasteiger partial charge on any atom is 0.220 e. The third kappa shape index (κ3) is 4.89. The number of amides is 1. The van der Waals surface area contributed by atoms with Gasteiger partial charge in [0.05, 0.1) is 0 Å². The normalized spacial score (nSPS) is 26.3. The first-order valence-corrected chi connectivity index (χ1v) is 6.98. The van der Waals surface area contributed by atoms with Crippen LogP contribution in [0.5, 0.6) is 0 Å². The smallest absolute Gasteiger partial charge is 0.220 e. The van der Waals surface area contributed by atoms with Crippen molar-refractivity contribution in [1.82, 2.24) is 5.32 Å². The maximum atomic E-state index is 11.4. The quantitative estimate of drug-likeness (QED) is 0.755. The van der Waals surface area contributed by atoms with Gasteiger partial charge in [0.25, 0.3) is 0 Å². The van der Waals surface area contributed by atoms with Crippen LogP contribution in [0.3, 0.4) is 0 Å². The molecule has 0 saturated heterocycles. The first-order chi connectivity index (χ1) is 7.26. The Labute approximate surface area is 96.0 Å². The first kappa shape index (κ1) is 12.8. The number of carbonyl (C=O) groups excluding carboxylic acids is 1. The van der Waals surface area contributed by atoms with Crippen molar-refractivity contribution in [2.45, 2.75) is 49.8 Å². The lowest BCUT2D eigenvalue weighted by atomic mass is 9.95. The van der Waals surface area contributed by atoms with Crippen LogP contribution in [-0.4, -0.2) is 35.2 Å². The van der Waals surface area contributed by atoms with Crippen molar-refractivity contribution in [2.24, 2.45) is 0 Å². The molecule has 1 rings (SSSR count). The highest BCUT2D eigenvalue weighted by Crippen LogP contribution is 2.26. The summed E-state index contributed by atoms with van der Waals surface area (Å²) in [6.07, 6.45) is 7.83. The Balaban J connectivity index is 2.15. The van der Waals surface area contributed by atoms with Crippen LogP contribution in [0.2, 0.25) is 0 Å². The molecule has 0 spiro atoms. The lowest BCUT2D eigenvalue weighted by Gasteiger charge is -2.28. The summed E-state index contributed by atoms with van der Waals surface area (Å²) in [6.45, 7) is 0.104. The van der Waals surface area contributed by atoms with Crippen LogP contribution in [-0.2, 0) is 4.79 Å². The van der Waals surface area contributed by atoms with Crippen LogP contribution < -0.4 is 5.32 Å². The van der Waals surface area contributed by atoms with Gasteiger partial charge in [0.1, 0.15) is 0 Å². The van der Waals surface area contributed by atoms with Gasteiger partial charge in [-0.25, -0.2) is 0 Å². The highest BCUT2D eigenvalue weighted by molar-refractivity contribution is 7.99. The molecular weight excluding hydrogens is 210 g/mol. The van der Waals surface area contributed by atoms with E-state index in [2.05, 4.69) is 11.6 Å². The lowest BCUT2D eigenvalue weighted by molar-refractivity contribution is -0.122. The number of rotatable bonds is 5. The summed E-state index contributed by atoms with van der Waals surface area (Å²) < 4.78 is 0. The molecule has 0 aliphatic heterocycles. The van der Waals surface area contributed by atoms with Crippen molar-refractivity contribution >= 4 is 17.7 Å². The second-order valence-electron chi connectivity index (χ2n) is 4.10. The van der Waals surface area contributed by atoms with E-state index in [1.807, 2.05) is 11.8 Å². The first-order valence-electron chi connectivity index (χ1n) is 5.69. The van der Waals surface area contributed by atoms with Gasteiger partial charge in [-0.3, -0.25) is 4.79 Å². The molecule has 2 N–H and O–H groups in total. The number of carbonyl (C=O) groups is 1. The number of aliphatic hydroxyl groups excluding tert-OH is 1. The molecule has 0 radical (unpaired) electrons. The average Bonchev–Trinajstić information content (AvgIpc) is 2.27. The van der Waals surface area contributed by atoms with E-state index in [1.165, 1.54) is 12.8 Å². The molecule has 0 atom stereocenters. The minimum atomic E-state index is 0.0941. The van der Waals surface area contributed by atoms with Gasteiger partial charge in [-0.15, -0.1) is 0 Å². The summed E-state index contributed by atoms with van der Waals surface area (Å²) >= 11 is 1.93. The largest absolute Gasteiger partial charge is 0.396 e. The van der Waals surface area contributed by atoms with E-state index in [9.17, 15) is 4.79 Å². The summed E-state index contributed by atoms with van der Waals surface area (Å²) in [5.74, 6) is 0.0941. The Kier molecular flexibility index (Phi) is 6.10. The molecule has 0 bridgehead atoms. The monoisotopic (exact) mass is 231 g/mol. The molecule has 0 unspecified atom stereocenters. The van der Waals surface area contributed by atoms with Crippen molar-refractivity contribution in [2.75, 3.05) is 12.9 Å². The third-order valence-electron chi connectivity index (χ3n) is 2.93. The number of thioether (sulfide) groups is 1. The fourth-order valence-electron chi connectivity index (χ4n) is 1.98. The highest BCUT2D eigenvalue weighted by atomic mass is 32.2. The maximum absolute atomic E-state index is 11.4. The Bertz CT molecular complexity index is 191. The molecule has 0 heterocycles. The highest BCUT2D eigenvalue weighted by Gasteiger charge is 2.21. The van der Waals surface area contributed by atoms with Gasteiger partial charge in [0.15, 0.2) is 0 Å². The third-order valence-corrected chi connectivity index (χ3v) is 4.07. The van der Waals surface area contributed by atoms with E-state index in [0.29, 0.717) is 18.9 Å². The van der Waals surface area contributed by atoms with Gasteiger partial charge in [-0.2, -0.15) is 11.8 Å². The molecule has 3 nitrogen and oxygen atoms in total. The number of hydrogen-bond acceptors (Lipinski definition) is 3. The second kappa shape index (κ2) is 7.12. The van der Waals surface area contributed by atoms with Gasteiger partial charge in [0.2, 0.25) is 5.91 Å². The molecule has 15 heavy (non-hydrogen) atoms. The summed E-state index contributed by atoms with van der Waals surface area (Å²) in [5.41, 5.74) is 0. The van der Waals surface area contributed by atoms with E-state index in [0.717, 1.165) is 18.1 Å². The Morgan fingerprint density at radius 1 is 1.40 bits per heavy atom. The summed E-state index contributed by atoms with van der Waals surface area (Å²) in [7, 11) is 0. The predicted molar refractivity (Wildman–Crippen MR) is 64.0 cm³/mol. The Morgan fingerprint density at radius 3 is 2.60 bits per heavy atom. The van der Waals surface area contributed by atoms with Crippen LogP contribution in [0.4, 0.5) is 0 Å². The zero-order valence-corrected chi connectivity index (χ0v) is 10.2. The molecule has 1 aliphatic rings. The van der Waals surface area contributed by atoms with Crippen molar-refractivity contribution < 1.29 is 9.90 Å². The minimum Gasteiger partial charge on any atom is -0.396 e. The fraction of sp³-hybridized carbons (Fsp3) is 0.909. The van der Waals surface area contributed by atoms with E-state index in [4.69, 9.17) is 5.11 Å². The number of nitrogens with one attached hydrogen (secondary N) is 1. The van der Waals surface area contributed by atoms with Crippen molar-refractivity contribution in [3.63, 3.8) is 0 Å².